The smallest absolute Gasteiger partial charge is 0.215 e. The molecule has 1 aliphatic carbocycles. The molecule has 0 unspecified atom stereocenters. The molecule has 0 aliphatic heterocycles. The van der Waals surface area contributed by atoms with Crippen LogP contribution < -0.4 is 5.73 Å². The fourth-order valence-corrected chi connectivity index (χ4v) is 5.96. The van der Waals surface area contributed by atoms with E-state index in [4.69, 9.17) is 5.73 Å². The largest absolute Gasteiger partial charge is 0.399 e. The number of hydrogen-bond donors (Lipinski definition) is 1. The van der Waals surface area contributed by atoms with E-state index in [1.807, 2.05) is 31.2 Å². The van der Waals surface area contributed by atoms with Gasteiger partial charge in [0.05, 0.1) is 5.75 Å². The van der Waals surface area contributed by atoms with Crippen molar-refractivity contribution >= 4 is 27.5 Å². The van der Waals surface area contributed by atoms with Crippen LogP contribution in [0.4, 0.5) is 5.69 Å². The summed E-state index contributed by atoms with van der Waals surface area (Å²) in [5.41, 5.74) is 6.44. The number of thioether (sulfide) groups is 1. The van der Waals surface area contributed by atoms with Crippen molar-refractivity contribution in [3.8, 4) is 0 Å². The van der Waals surface area contributed by atoms with Crippen LogP contribution in [0.5, 0.6) is 0 Å². The topological polar surface area (TPSA) is 63.4 Å². The van der Waals surface area contributed by atoms with E-state index in [9.17, 15) is 8.42 Å². The predicted molar refractivity (Wildman–Crippen MR) is 90.0 cm³/mol. The van der Waals surface area contributed by atoms with E-state index >= 15 is 0 Å². The molecule has 2 rings (SSSR count). The van der Waals surface area contributed by atoms with Gasteiger partial charge in [-0.15, -0.1) is 11.8 Å². The second kappa shape index (κ2) is 7.51. The molecule has 4 nitrogen and oxygen atoms in total. The monoisotopic (exact) mass is 328 g/mol. The lowest BCUT2D eigenvalue weighted by molar-refractivity contribution is 0.336. The molecule has 1 aromatic rings. The van der Waals surface area contributed by atoms with Gasteiger partial charge in [0.2, 0.25) is 10.0 Å². The van der Waals surface area contributed by atoms with Gasteiger partial charge in [-0.25, -0.2) is 8.42 Å². The van der Waals surface area contributed by atoms with E-state index in [-0.39, 0.29) is 11.8 Å². The van der Waals surface area contributed by atoms with E-state index in [0.29, 0.717) is 18.0 Å². The molecule has 0 heterocycles. The molecule has 21 heavy (non-hydrogen) atoms. The van der Waals surface area contributed by atoms with Gasteiger partial charge in [-0.3, -0.25) is 0 Å². The summed E-state index contributed by atoms with van der Waals surface area (Å²) in [5.74, 6) is 0.756. The Bertz CT molecular complexity index is 555. The van der Waals surface area contributed by atoms with Crippen LogP contribution in [0.15, 0.2) is 29.2 Å². The number of hydrogen-bond acceptors (Lipinski definition) is 4. The zero-order valence-electron chi connectivity index (χ0n) is 12.5. The number of anilines is 1. The van der Waals surface area contributed by atoms with Gasteiger partial charge in [0.1, 0.15) is 0 Å². The van der Waals surface area contributed by atoms with Crippen LogP contribution >= 0.6 is 11.8 Å². The Morgan fingerprint density at radius 1 is 1.33 bits per heavy atom. The van der Waals surface area contributed by atoms with Gasteiger partial charge >= 0.3 is 0 Å². The van der Waals surface area contributed by atoms with Crippen molar-refractivity contribution in [3.63, 3.8) is 0 Å². The Morgan fingerprint density at radius 3 is 2.67 bits per heavy atom. The van der Waals surface area contributed by atoms with Crippen LogP contribution in [0.3, 0.4) is 0 Å². The summed E-state index contributed by atoms with van der Waals surface area (Å²) in [6.45, 7) is 2.51. The van der Waals surface area contributed by atoms with Gasteiger partial charge in [-0.2, -0.15) is 4.31 Å². The van der Waals surface area contributed by atoms with E-state index < -0.39 is 10.0 Å². The highest BCUT2D eigenvalue weighted by Crippen LogP contribution is 2.26. The molecule has 0 amide bonds. The molecule has 1 fully saturated rings. The molecule has 0 saturated heterocycles. The standard InChI is InChI=1S/C15H24N2O2S2/c1-2-17(14-7-3-4-8-14)21(18,19)11-10-20-15-9-5-6-13(16)12-15/h5-6,9,12,14H,2-4,7-8,10-11,16H2,1H3. The van der Waals surface area contributed by atoms with Gasteiger partial charge in [-0.05, 0) is 31.0 Å². The van der Waals surface area contributed by atoms with Crippen molar-refractivity contribution in [2.24, 2.45) is 0 Å². The first-order chi connectivity index (χ1) is 10.0. The maximum atomic E-state index is 12.5. The van der Waals surface area contributed by atoms with E-state index in [1.54, 1.807) is 16.1 Å². The molecule has 118 valence electrons. The van der Waals surface area contributed by atoms with Crippen molar-refractivity contribution in [1.29, 1.82) is 0 Å². The first-order valence-corrected chi connectivity index (χ1v) is 10.1. The summed E-state index contributed by atoms with van der Waals surface area (Å²) in [4.78, 5) is 1.02. The summed E-state index contributed by atoms with van der Waals surface area (Å²) < 4.78 is 26.7. The average molecular weight is 329 g/mol. The van der Waals surface area contributed by atoms with Gasteiger partial charge in [-0.1, -0.05) is 25.8 Å². The molecule has 1 aliphatic rings. The lowest BCUT2D eigenvalue weighted by atomic mass is 10.2. The first kappa shape index (κ1) is 16.6. The van der Waals surface area contributed by atoms with Crippen molar-refractivity contribution < 1.29 is 8.42 Å². The first-order valence-electron chi connectivity index (χ1n) is 7.51. The molecule has 1 saturated carbocycles. The Morgan fingerprint density at radius 2 is 2.05 bits per heavy atom. The van der Waals surface area contributed by atoms with E-state index in [1.165, 1.54) is 0 Å². The van der Waals surface area contributed by atoms with Crippen LogP contribution in [-0.2, 0) is 10.0 Å². The third-order valence-electron chi connectivity index (χ3n) is 3.87. The summed E-state index contributed by atoms with van der Waals surface area (Å²) in [6, 6.07) is 7.79. The lowest BCUT2D eigenvalue weighted by Gasteiger charge is -2.26. The van der Waals surface area contributed by atoms with E-state index in [2.05, 4.69) is 0 Å². The minimum absolute atomic E-state index is 0.191. The molecule has 1 aromatic carbocycles. The van der Waals surface area contributed by atoms with Gasteiger partial charge in [0, 0.05) is 28.9 Å². The molecular weight excluding hydrogens is 304 g/mol. The van der Waals surface area contributed by atoms with Crippen molar-refractivity contribution in [2.75, 3.05) is 23.8 Å². The van der Waals surface area contributed by atoms with Crippen molar-refractivity contribution in [2.45, 2.75) is 43.5 Å². The Hall–Kier alpha value is -0.720. The maximum absolute atomic E-state index is 12.5. The number of rotatable bonds is 7. The van der Waals surface area contributed by atoms with Crippen LogP contribution in [-0.4, -0.2) is 36.8 Å². The highest BCUT2D eigenvalue weighted by atomic mass is 32.2. The Labute approximate surface area is 132 Å². The molecule has 0 atom stereocenters. The normalized spacial score (nSPS) is 16.7. The summed E-state index contributed by atoms with van der Waals surface area (Å²) in [6.07, 6.45) is 4.31. The molecule has 2 N–H and O–H groups in total. The SMILES string of the molecule is CCN(C1CCCC1)S(=O)(=O)CCSc1cccc(N)c1. The number of benzene rings is 1. The minimum Gasteiger partial charge on any atom is -0.399 e. The molecule has 0 spiro atoms. The fourth-order valence-electron chi connectivity index (χ4n) is 2.86. The average Bonchev–Trinajstić information content (AvgIpc) is 2.93. The third-order valence-corrected chi connectivity index (χ3v) is 7.11. The van der Waals surface area contributed by atoms with Crippen LogP contribution in [0, 0.1) is 0 Å². The quantitative estimate of drug-likeness (QED) is 0.617. The van der Waals surface area contributed by atoms with E-state index in [0.717, 1.165) is 30.6 Å². The summed E-state index contributed by atoms with van der Waals surface area (Å²) in [7, 11) is -3.15. The van der Waals surface area contributed by atoms with Gasteiger partial charge in [0.25, 0.3) is 0 Å². The predicted octanol–water partition coefficient (Wildman–Crippen LogP) is 2.96. The third kappa shape index (κ3) is 4.63. The van der Waals surface area contributed by atoms with Gasteiger partial charge < -0.3 is 5.73 Å². The van der Waals surface area contributed by atoms with Gasteiger partial charge in [0.15, 0.2) is 0 Å². The van der Waals surface area contributed by atoms with Crippen LogP contribution in [0.2, 0.25) is 0 Å². The Balaban J connectivity index is 1.90. The number of nitrogens with two attached hydrogens (primary N) is 1. The zero-order valence-corrected chi connectivity index (χ0v) is 14.1. The number of nitrogens with zero attached hydrogens (tertiary/aromatic N) is 1. The highest BCUT2D eigenvalue weighted by Gasteiger charge is 2.30. The summed E-state index contributed by atoms with van der Waals surface area (Å²) >= 11 is 1.55. The van der Waals surface area contributed by atoms with Crippen molar-refractivity contribution in [3.05, 3.63) is 24.3 Å². The molecule has 0 bridgehead atoms. The number of nitrogen functional groups attached to an aromatic ring is 1. The highest BCUT2D eigenvalue weighted by molar-refractivity contribution is 8.00. The fraction of sp³-hybridized carbons (Fsp3) is 0.600. The second-order valence-electron chi connectivity index (χ2n) is 5.38. The van der Waals surface area contributed by atoms with Crippen LogP contribution in [0.25, 0.3) is 0 Å². The Kier molecular flexibility index (Phi) is 5.96. The summed E-state index contributed by atoms with van der Waals surface area (Å²) in [5, 5.41) is 0. The molecule has 0 radical (unpaired) electrons. The second-order valence-corrected chi connectivity index (χ2v) is 8.59. The molecule has 0 aromatic heterocycles. The van der Waals surface area contributed by atoms with Crippen molar-refractivity contribution in [1.82, 2.24) is 4.31 Å². The molecule has 6 heteroatoms. The lowest BCUT2D eigenvalue weighted by Crippen LogP contribution is -2.40. The number of sulfonamides is 1. The van der Waals surface area contributed by atoms with Crippen LogP contribution in [0.1, 0.15) is 32.6 Å². The minimum atomic E-state index is -3.15. The molecular formula is C15H24N2O2S2. The maximum Gasteiger partial charge on any atom is 0.215 e. The zero-order chi connectivity index (χ0) is 15.3.